The maximum atomic E-state index is 6.34. The van der Waals surface area contributed by atoms with E-state index in [4.69, 9.17) is 9.16 Å². The second-order valence-corrected chi connectivity index (χ2v) is 12.2. The van der Waals surface area contributed by atoms with Crippen molar-refractivity contribution in [1.82, 2.24) is 0 Å². The van der Waals surface area contributed by atoms with E-state index in [0.717, 1.165) is 22.3 Å². The minimum Gasteiger partial charge on any atom is -0.491 e. The van der Waals surface area contributed by atoms with Gasteiger partial charge in [0, 0.05) is 4.47 Å². The third-order valence-electron chi connectivity index (χ3n) is 4.05. The maximum Gasteiger partial charge on any atom is 0.197 e. The van der Waals surface area contributed by atoms with Crippen LogP contribution in [0.2, 0.25) is 17.1 Å². The molecule has 0 aliphatic heterocycles. The predicted octanol–water partition coefficient (Wildman–Crippen LogP) is 5.63. The van der Waals surface area contributed by atoms with Gasteiger partial charge in [-0.05, 0) is 41.4 Å². The first-order valence-electron chi connectivity index (χ1n) is 7.37. The summed E-state index contributed by atoms with van der Waals surface area (Å²) < 4.78 is 13.1. The molecule has 0 aromatic heterocycles. The minimum atomic E-state index is -1.68. The first-order chi connectivity index (χ1) is 9.34. The molecule has 0 radical (unpaired) electrons. The summed E-state index contributed by atoms with van der Waals surface area (Å²) >= 11 is 3.42. The molecule has 0 saturated heterocycles. The van der Waals surface area contributed by atoms with E-state index >= 15 is 0 Å². The monoisotopic (exact) mass is 358 g/mol. The van der Waals surface area contributed by atoms with Crippen molar-refractivity contribution in [2.24, 2.45) is 0 Å². The summed E-state index contributed by atoms with van der Waals surface area (Å²) in [5.74, 6) is 0.896. The zero-order chi connectivity index (χ0) is 15.2. The Morgan fingerprint density at radius 2 is 1.55 bits per heavy atom. The minimum absolute atomic E-state index is 0.272. The second kappa shape index (κ2) is 7.62. The van der Waals surface area contributed by atoms with Gasteiger partial charge < -0.3 is 9.16 Å². The second-order valence-electron chi connectivity index (χ2n) is 6.10. The molecule has 114 valence electrons. The van der Waals surface area contributed by atoms with Gasteiger partial charge in [-0.25, -0.2) is 0 Å². The van der Waals surface area contributed by atoms with Gasteiger partial charge in [0.15, 0.2) is 8.32 Å². The zero-order valence-corrected chi connectivity index (χ0v) is 15.9. The highest BCUT2D eigenvalue weighted by molar-refractivity contribution is 9.10. The predicted molar refractivity (Wildman–Crippen MR) is 92.0 cm³/mol. The van der Waals surface area contributed by atoms with Crippen LogP contribution in [0.5, 0.6) is 5.75 Å². The van der Waals surface area contributed by atoms with E-state index < -0.39 is 8.32 Å². The number of halogens is 1. The van der Waals surface area contributed by atoms with Crippen LogP contribution in [-0.2, 0) is 4.43 Å². The fourth-order valence-corrected chi connectivity index (χ4v) is 6.86. The summed E-state index contributed by atoms with van der Waals surface area (Å²) in [5.41, 5.74) is 0. The van der Waals surface area contributed by atoms with Crippen molar-refractivity contribution in [3.8, 4) is 5.75 Å². The molecule has 4 heteroatoms. The number of benzene rings is 1. The van der Waals surface area contributed by atoms with Crippen LogP contribution in [0, 0.1) is 0 Å². The van der Waals surface area contributed by atoms with E-state index in [1.165, 1.54) is 0 Å². The van der Waals surface area contributed by atoms with Crippen molar-refractivity contribution in [1.29, 1.82) is 0 Å². The van der Waals surface area contributed by atoms with E-state index in [1.54, 1.807) is 0 Å². The summed E-state index contributed by atoms with van der Waals surface area (Å²) in [6.07, 6.45) is 0. The van der Waals surface area contributed by atoms with Crippen molar-refractivity contribution < 1.29 is 9.16 Å². The van der Waals surface area contributed by atoms with Gasteiger partial charge in [0.05, 0.1) is 6.61 Å². The third-order valence-corrected chi connectivity index (χ3v) is 10.4. The van der Waals surface area contributed by atoms with E-state index in [2.05, 4.69) is 50.5 Å². The number of hydrogen-bond donors (Lipinski definition) is 0. The highest BCUT2D eigenvalue weighted by Gasteiger charge is 2.43. The van der Waals surface area contributed by atoms with E-state index in [-0.39, 0.29) is 5.04 Å². The van der Waals surface area contributed by atoms with Crippen LogP contribution in [0.25, 0.3) is 0 Å². The molecule has 0 aliphatic rings. The lowest BCUT2D eigenvalue weighted by atomic mass is 10.2. The van der Waals surface area contributed by atoms with Crippen LogP contribution in [0.1, 0.15) is 34.6 Å². The Balaban J connectivity index is 2.47. The van der Waals surface area contributed by atoms with Crippen LogP contribution < -0.4 is 4.74 Å². The van der Waals surface area contributed by atoms with Crippen molar-refractivity contribution in [2.45, 2.75) is 51.7 Å². The van der Waals surface area contributed by atoms with Crippen molar-refractivity contribution in [3.05, 3.63) is 28.7 Å². The molecular formula is C16H27BrO2Si. The lowest BCUT2D eigenvalue weighted by molar-refractivity contribution is 0.199. The van der Waals surface area contributed by atoms with Gasteiger partial charge in [-0.1, -0.05) is 50.5 Å². The molecule has 2 nitrogen and oxygen atoms in total. The lowest BCUT2D eigenvalue weighted by Gasteiger charge is -2.41. The summed E-state index contributed by atoms with van der Waals surface area (Å²) in [5, 5.41) is 0.272. The fraction of sp³-hybridized carbons (Fsp3) is 0.625. The fourth-order valence-electron chi connectivity index (χ4n) is 2.66. The van der Waals surface area contributed by atoms with E-state index in [0.29, 0.717) is 13.2 Å². The van der Waals surface area contributed by atoms with Crippen molar-refractivity contribution in [2.75, 3.05) is 13.2 Å². The van der Waals surface area contributed by atoms with Gasteiger partial charge in [-0.15, -0.1) is 0 Å². The van der Waals surface area contributed by atoms with Crippen LogP contribution in [0.4, 0.5) is 0 Å². The molecule has 1 aromatic carbocycles. The molecule has 0 bridgehead atoms. The molecule has 0 atom stereocenters. The van der Waals surface area contributed by atoms with Crippen molar-refractivity contribution in [3.63, 3.8) is 0 Å². The largest absolute Gasteiger partial charge is 0.491 e. The summed E-state index contributed by atoms with van der Waals surface area (Å²) in [7, 11) is -1.68. The summed E-state index contributed by atoms with van der Waals surface area (Å²) in [6, 6.07) is 10.2. The zero-order valence-electron chi connectivity index (χ0n) is 13.3. The van der Waals surface area contributed by atoms with Crippen LogP contribution >= 0.6 is 15.9 Å². The Morgan fingerprint density at radius 3 is 2.00 bits per heavy atom. The third kappa shape index (κ3) is 4.60. The normalized spacial score (nSPS) is 12.5. The number of hydrogen-bond acceptors (Lipinski definition) is 2. The van der Waals surface area contributed by atoms with Crippen LogP contribution in [0.15, 0.2) is 28.7 Å². The Hall–Kier alpha value is -0.323. The smallest absolute Gasteiger partial charge is 0.197 e. The average molecular weight is 359 g/mol. The van der Waals surface area contributed by atoms with Gasteiger partial charge in [0.25, 0.3) is 0 Å². The Kier molecular flexibility index (Phi) is 6.75. The topological polar surface area (TPSA) is 18.5 Å². The molecule has 1 aromatic rings. The summed E-state index contributed by atoms with van der Waals surface area (Å²) in [4.78, 5) is 0. The first kappa shape index (κ1) is 17.7. The Bertz CT molecular complexity index is 394. The standard InChI is InChI=1S/C16H27BrO2Si/c1-6-20(7-2,16(3,4)5)19-13-12-18-15-10-8-14(17)9-11-15/h8-11H,6-7,12-13H2,1-5H3. The Morgan fingerprint density at radius 1 is 1.00 bits per heavy atom. The molecule has 0 amide bonds. The number of ether oxygens (including phenoxy) is 1. The number of rotatable bonds is 7. The quantitative estimate of drug-likeness (QED) is 0.464. The molecule has 20 heavy (non-hydrogen) atoms. The van der Waals surface area contributed by atoms with Gasteiger partial charge in [0.2, 0.25) is 0 Å². The van der Waals surface area contributed by atoms with Gasteiger partial charge in [-0.2, -0.15) is 0 Å². The molecule has 0 heterocycles. The lowest BCUT2D eigenvalue weighted by Crippen LogP contribution is -2.46. The van der Waals surface area contributed by atoms with Gasteiger partial charge in [0.1, 0.15) is 12.4 Å². The molecule has 0 unspecified atom stereocenters. The molecule has 0 spiro atoms. The molecule has 0 N–H and O–H groups in total. The van der Waals surface area contributed by atoms with Gasteiger partial charge in [-0.3, -0.25) is 0 Å². The molecule has 0 fully saturated rings. The van der Waals surface area contributed by atoms with Crippen molar-refractivity contribution >= 4 is 24.2 Å². The van der Waals surface area contributed by atoms with E-state index in [9.17, 15) is 0 Å². The average Bonchev–Trinajstić information content (AvgIpc) is 2.40. The highest BCUT2D eigenvalue weighted by Crippen LogP contribution is 2.42. The highest BCUT2D eigenvalue weighted by atomic mass is 79.9. The van der Waals surface area contributed by atoms with Gasteiger partial charge >= 0.3 is 0 Å². The first-order valence-corrected chi connectivity index (χ1v) is 10.5. The molecular weight excluding hydrogens is 332 g/mol. The van der Waals surface area contributed by atoms with Crippen LogP contribution in [0.3, 0.4) is 0 Å². The SMILES string of the molecule is CC[Si](CC)(OCCOc1ccc(Br)cc1)C(C)(C)C. The molecule has 1 rings (SSSR count). The van der Waals surface area contributed by atoms with E-state index in [1.807, 2.05) is 24.3 Å². The maximum absolute atomic E-state index is 6.34. The molecule has 0 aliphatic carbocycles. The Labute approximate surface area is 133 Å². The van der Waals surface area contributed by atoms with Crippen LogP contribution in [-0.4, -0.2) is 21.5 Å². The summed E-state index contributed by atoms with van der Waals surface area (Å²) in [6.45, 7) is 12.7. The molecule has 0 saturated carbocycles.